The SMILES string of the molecule is CCC(NC)C(=O)NC(CC#CC#CCC(NC(=O)C(C)NC)C(=O)N1CCCC1C(=O)NC1CCCc2ccccc21)C(=O)N1CCCC1C(=O)NC1CCCc2ccccc21. The van der Waals surface area contributed by atoms with Crippen LogP contribution in [0.1, 0.15) is 119 Å². The average molecular weight is 861 g/mol. The molecule has 2 saturated heterocycles. The number of likely N-dealkylation sites (N-methyl/N-ethyl adjacent to an activating group) is 2. The highest BCUT2D eigenvalue weighted by atomic mass is 16.2. The molecule has 8 atom stereocenters. The summed E-state index contributed by atoms with van der Waals surface area (Å²) < 4.78 is 0. The minimum atomic E-state index is -1.03. The summed E-state index contributed by atoms with van der Waals surface area (Å²) in [5.41, 5.74) is 4.68. The number of aryl methyl sites for hydroxylation is 2. The molecule has 0 spiro atoms. The molecule has 14 nitrogen and oxygen atoms in total. The van der Waals surface area contributed by atoms with E-state index in [-0.39, 0.29) is 54.5 Å². The molecule has 2 aliphatic carbocycles. The lowest BCUT2D eigenvalue weighted by Crippen LogP contribution is -2.56. The molecule has 6 N–H and O–H groups in total. The molecule has 336 valence electrons. The van der Waals surface area contributed by atoms with Crippen molar-refractivity contribution in [3.05, 3.63) is 70.8 Å². The van der Waals surface area contributed by atoms with Gasteiger partial charge in [-0.25, -0.2) is 0 Å². The van der Waals surface area contributed by atoms with Crippen LogP contribution < -0.4 is 31.9 Å². The lowest BCUT2D eigenvalue weighted by Gasteiger charge is -2.31. The number of rotatable bonds is 15. The minimum absolute atomic E-state index is 0.0605. The maximum absolute atomic E-state index is 14.2. The van der Waals surface area contributed by atoms with Gasteiger partial charge in [-0.1, -0.05) is 67.3 Å². The van der Waals surface area contributed by atoms with E-state index in [2.05, 4.69) is 73.8 Å². The molecule has 0 aromatic heterocycles. The Bertz CT molecular complexity index is 2120. The summed E-state index contributed by atoms with van der Waals surface area (Å²) in [5, 5.41) is 18.0. The third-order valence-electron chi connectivity index (χ3n) is 13.0. The molecule has 0 bridgehead atoms. The van der Waals surface area contributed by atoms with E-state index in [0.717, 1.165) is 49.7 Å². The van der Waals surface area contributed by atoms with Crippen LogP contribution in [-0.4, -0.2) is 109 Å². The fourth-order valence-corrected chi connectivity index (χ4v) is 9.37. The van der Waals surface area contributed by atoms with Crippen molar-refractivity contribution in [1.82, 2.24) is 41.7 Å². The first-order valence-corrected chi connectivity index (χ1v) is 22.8. The van der Waals surface area contributed by atoms with E-state index in [1.165, 1.54) is 11.1 Å². The maximum atomic E-state index is 14.2. The predicted octanol–water partition coefficient (Wildman–Crippen LogP) is 2.72. The van der Waals surface area contributed by atoms with Crippen LogP contribution in [0.5, 0.6) is 0 Å². The van der Waals surface area contributed by atoms with Gasteiger partial charge in [-0.15, -0.1) is 0 Å². The molecule has 2 aromatic carbocycles. The Morgan fingerprint density at radius 1 is 0.619 bits per heavy atom. The molecule has 2 heterocycles. The van der Waals surface area contributed by atoms with Crippen LogP contribution in [0.25, 0.3) is 0 Å². The van der Waals surface area contributed by atoms with Crippen LogP contribution in [0.15, 0.2) is 48.5 Å². The first-order valence-electron chi connectivity index (χ1n) is 22.8. The molecule has 0 radical (unpaired) electrons. The average Bonchev–Trinajstić information content (AvgIpc) is 4.01. The van der Waals surface area contributed by atoms with Crippen LogP contribution in [-0.2, 0) is 41.6 Å². The number of carbonyl (C=O) groups excluding carboxylic acids is 6. The van der Waals surface area contributed by atoms with Gasteiger partial charge in [-0.3, -0.25) is 28.8 Å². The van der Waals surface area contributed by atoms with Crippen molar-refractivity contribution in [2.75, 3.05) is 27.2 Å². The Morgan fingerprint density at radius 2 is 1.08 bits per heavy atom. The van der Waals surface area contributed by atoms with E-state index in [9.17, 15) is 28.8 Å². The number of fused-ring (bicyclic) bond motifs is 2. The topological polar surface area (TPSA) is 181 Å². The van der Waals surface area contributed by atoms with Crippen molar-refractivity contribution >= 4 is 35.4 Å². The van der Waals surface area contributed by atoms with Crippen LogP contribution in [0, 0.1) is 23.7 Å². The van der Waals surface area contributed by atoms with Gasteiger partial charge in [0, 0.05) is 25.9 Å². The molecule has 6 amide bonds. The monoisotopic (exact) mass is 860 g/mol. The van der Waals surface area contributed by atoms with Gasteiger partial charge in [0.1, 0.15) is 24.2 Å². The summed E-state index contributed by atoms with van der Waals surface area (Å²) >= 11 is 0. The largest absolute Gasteiger partial charge is 0.347 e. The number of hydrogen-bond acceptors (Lipinski definition) is 8. The number of likely N-dealkylation sites (tertiary alicyclic amines) is 2. The van der Waals surface area contributed by atoms with E-state index >= 15 is 0 Å². The third kappa shape index (κ3) is 11.7. The van der Waals surface area contributed by atoms with Crippen molar-refractivity contribution in [3.63, 3.8) is 0 Å². The van der Waals surface area contributed by atoms with Crippen molar-refractivity contribution < 1.29 is 28.8 Å². The Labute approximate surface area is 372 Å². The van der Waals surface area contributed by atoms with Gasteiger partial charge in [0.15, 0.2) is 0 Å². The quantitative estimate of drug-likeness (QED) is 0.148. The zero-order valence-corrected chi connectivity index (χ0v) is 37.2. The number of benzene rings is 2. The number of hydrogen-bond donors (Lipinski definition) is 6. The van der Waals surface area contributed by atoms with Gasteiger partial charge in [0.05, 0.1) is 24.2 Å². The first kappa shape index (κ1) is 46.8. The number of nitrogens with one attached hydrogen (secondary N) is 6. The zero-order chi connectivity index (χ0) is 44.9. The predicted molar refractivity (Wildman–Crippen MR) is 240 cm³/mol. The van der Waals surface area contributed by atoms with Crippen LogP contribution in [0.2, 0.25) is 0 Å². The molecule has 2 aromatic rings. The van der Waals surface area contributed by atoms with Crippen LogP contribution in [0.3, 0.4) is 0 Å². The minimum Gasteiger partial charge on any atom is -0.347 e. The highest BCUT2D eigenvalue weighted by molar-refractivity contribution is 5.95. The van der Waals surface area contributed by atoms with Crippen molar-refractivity contribution in [1.29, 1.82) is 0 Å². The number of nitrogens with zero attached hydrogens (tertiary/aromatic N) is 2. The Morgan fingerprint density at radius 3 is 1.52 bits per heavy atom. The van der Waals surface area contributed by atoms with Crippen molar-refractivity contribution in [2.24, 2.45) is 0 Å². The summed E-state index contributed by atoms with van der Waals surface area (Å²) in [5.74, 6) is 9.48. The zero-order valence-electron chi connectivity index (χ0n) is 37.2. The molecule has 8 unspecified atom stereocenters. The van der Waals surface area contributed by atoms with Gasteiger partial charge in [-0.2, -0.15) is 0 Å². The standard InChI is InChI=1S/C49H64N8O6/c1-5-37(51-4)45(59)55-41(49(63)57-31-17-29-43(57)47(61)53-39-27-15-21-34-19-11-13-23-36(34)39)25-9-7-6-8-24-40(54-44(58)32(2)50-3)48(62)56-30-16-28-42(56)46(60)52-38-26-14-20-33-18-10-12-22-35(33)38/h10-13,18-19,22-23,32,37-43,50-51H,5,14-17,20-21,24-31H2,1-4H3,(H,52,60)(H,53,61)(H,54,58)(H,55,59). The van der Waals surface area contributed by atoms with E-state index < -0.39 is 42.2 Å². The molecule has 4 aliphatic rings. The number of amides is 6. The summed E-state index contributed by atoms with van der Waals surface area (Å²) in [6, 6.07) is 11.5. The highest BCUT2D eigenvalue weighted by Crippen LogP contribution is 2.32. The van der Waals surface area contributed by atoms with E-state index in [1.54, 1.807) is 30.8 Å². The van der Waals surface area contributed by atoms with Crippen molar-refractivity contribution in [2.45, 2.75) is 146 Å². The second kappa shape index (κ2) is 22.6. The van der Waals surface area contributed by atoms with Gasteiger partial charge in [0.25, 0.3) is 0 Å². The fraction of sp³-hybridized carbons (Fsp3) is 0.551. The normalized spacial score (nSPS) is 22.0. The first-order chi connectivity index (χ1) is 30.5. The molecule has 2 fully saturated rings. The Balaban J connectivity index is 1.13. The summed E-state index contributed by atoms with van der Waals surface area (Å²) in [6.45, 7) is 4.31. The fourth-order valence-electron chi connectivity index (χ4n) is 9.37. The molecule has 63 heavy (non-hydrogen) atoms. The Hall–Kier alpha value is -5.70. The molecule has 2 aliphatic heterocycles. The van der Waals surface area contributed by atoms with Gasteiger partial charge < -0.3 is 41.7 Å². The molecule has 6 rings (SSSR count). The van der Waals surface area contributed by atoms with Gasteiger partial charge >= 0.3 is 0 Å². The van der Waals surface area contributed by atoms with Crippen LogP contribution >= 0.6 is 0 Å². The number of carbonyl (C=O) groups is 6. The summed E-state index contributed by atoms with van der Waals surface area (Å²) in [6.07, 6.45) is 8.21. The summed E-state index contributed by atoms with van der Waals surface area (Å²) in [7, 11) is 3.33. The third-order valence-corrected chi connectivity index (χ3v) is 13.0. The molecule has 0 saturated carbocycles. The summed E-state index contributed by atoms with van der Waals surface area (Å²) in [4.78, 5) is 85.4. The van der Waals surface area contributed by atoms with Gasteiger partial charge in [0.2, 0.25) is 35.4 Å². The van der Waals surface area contributed by atoms with E-state index in [0.29, 0.717) is 45.2 Å². The molecule has 14 heteroatoms. The van der Waals surface area contributed by atoms with Gasteiger partial charge in [-0.05, 0) is 126 Å². The van der Waals surface area contributed by atoms with Crippen LogP contribution in [0.4, 0.5) is 0 Å². The Kier molecular flexibility index (Phi) is 16.8. The molecular weight excluding hydrogens is 797 g/mol. The van der Waals surface area contributed by atoms with E-state index in [1.807, 2.05) is 37.3 Å². The smallest absolute Gasteiger partial charge is 0.246 e. The van der Waals surface area contributed by atoms with E-state index in [4.69, 9.17) is 0 Å². The lowest BCUT2D eigenvalue weighted by molar-refractivity contribution is -0.141. The highest BCUT2D eigenvalue weighted by Gasteiger charge is 2.40. The second-order valence-corrected chi connectivity index (χ2v) is 17.1. The molecular formula is C49H64N8O6. The van der Waals surface area contributed by atoms with Crippen molar-refractivity contribution in [3.8, 4) is 23.7 Å². The maximum Gasteiger partial charge on any atom is 0.246 e. The lowest BCUT2D eigenvalue weighted by atomic mass is 9.87. The second-order valence-electron chi connectivity index (χ2n) is 17.1.